The van der Waals surface area contributed by atoms with Gasteiger partial charge in [-0.2, -0.15) is 0 Å². The van der Waals surface area contributed by atoms with Gasteiger partial charge in [-0.05, 0) is 13.0 Å². The van der Waals surface area contributed by atoms with Gasteiger partial charge in [-0.1, -0.05) is 44.0 Å². The fraction of sp³-hybridized carbons (Fsp3) is 0.364. The van der Waals surface area contributed by atoms with Gasteiger partial charge in [0.2, 0.25) is 0 Å². The maximum absolute atomic E-state index is 12.2. The van der Waals surface area contributed by atoms with Crippen LogP contribution in [0, 0.1) is 0 Å². The van der Waals surface area contributed by atoms with E-state index < -0.39 is 11.2 Å². The number of hydrogen-bond donors (Lipinski definition) is 0. The molecule has 0 N–H and O–H groups in total. The van der Waals surface area contributed by atoms with Crippen LogP contribution in [0.1, 0.15) is 22.8 Å². The molecule has 0 spiro atoms. The summed E-state index contributed by atoms with van der Waals surface area (Å²) in [6.07, 6.45) is -4.78. The molecular weight excluding hydrogens is 381 g/mol. The lowest BCUT2D eigenvalue weighted by Crippen LogP contribution is -2.19. The Morgan fingerprint density at radius 2 is 2.06 bits per heavy atom. The molecular formula is C11H9Br2F3O2. The summed E-state index contributed by atoms with van der Waals surface area (Å²) >= 11 is 6.14. The Morgan fingerprint density at radius 3 is 2.50 bits per heavy atom. The molecule has 1 rings (SSSR count). The maximum Gasteiger partial charge on any atom is 0.573 e. The monoisotopic (exact) mass is 388 g/mol. The standard InChI is InChI=1S/C11H9Br2F3O2/c1-6(13)10(17)7-2-3-8(5-12)9(4-7)18-11(14,15)16/h2-4,6H,5H2,1H3. The molecule has 1 unspecified atom stereocenters. The number of ether oxygens (including phenoxy) is 1. The van der Waals surface area contributed by atoms with Crippen LogP contribution in [0.2, 0.25) is 0 Å². The highest BCUT2D eigenvalue weighted by Gasteiger charge is 2.32. The van der Waals surface area contributed by atoms with Crippen molar-refractivity contribution in [2.24, 2.45) is 0 Å². The van der Waals surface area contributed by atoms with E-state index in [0.717, 1.165) is 6.07 Å². The van der Waals surface area contributed by atoms with Crippen LogP contribution in [0.15, 0.2) is 18.2 Å². The summed E-state index contributed by atoms with van der Waals surface area (Å²) in [7, 11) is 0. The number of alkyl halides is 5. The molecule has 0 aliphatic rings. The van der Waals surface area contributed by atoms with Gasteiger partial charge < -0.3 is 4.74 Å². The normalized spacial score (nSPS) is 13.2. The van der Waals surface area contributed by atoms with E-state index in [1.807, 2.05) is 0 Å². The van der Waals surface area contributed by atoms with Gasteiger partial charge >= 0.3 is 6.36 Å². The van der Waals surface area contributed by atoms with Crippen molar-refractivity contribution in [2.75, 3.05) is 0 Å². The third kappa shape index (κ3) is 4.28. The fourth-order valence-corrected chi connectivity index (χ4v) is 2.00. The van der Waals surface area contributed by atoms with Crippen molar-refractivity contribution < 1.29 is 22.7 Å². The van der Waals surface area contributed by atoms with Gasteiger partial charge in [-0.3, -0.25) is 4.79 Å². The number of benzene rings is 1. The fourth-order valence-electron chi connectivity index (χ4n) is 1.27. The first-order valence-electron chi connectivity index (χ1n) is 4.87. The van der Waals surface area contributed by atoms with Crippen LogP contribution in [0.5, 0.6) is 5.75 Å². The quantitative estimate of drug-likeness (QED) is 0.561. The van der Waals surface area contributed by atoms with Crippen LogP contribution in [0.3, 0.4) is 0 Å². The van der Waals surface area contributed by atoms with Crippen molar-refractivity contribution in [1.82, 2.24) is 0 Å². The van der Waals surface area contributed by atoms with Gasteiger partial charge in [0.15, 0.2) is 5.78 Å². The van der Waals surface area contributed by atoms with Crippen molar-refractivity contribution in [3.05, 3.63) is 29.3 Å². The highest BCUT2D eigenvalue weighted by molar-refractivity contribution is 9.10. The molecule has 0 bridgehead atoms. The smallest absolute Gasteiger partial charge is 0.405 e. The van der Waals surface area contributed by atoms with Crippen LogP contribution in [0.25, 0.3) is 0 Å². The van der Waals surface area contributed by atoms with Crippen molar-refractivity contribution >= 4 is 37.6 Å². The average molecular weight is 390 g/mol. The van der Waals surface area contributed by atoms with E-state index >= 15 is 0 Å². The van der Waals surface area contributed by atoms with E-state index in [4.69, 9.17) is 0 Å². The lowest BCUT2D eigenvalue weighted by molar-refractivity contribution is -0.274. The Hall–Kier alpha value is -0.560. The third-order valence-electron chi connectivity index (χ3n) is 2.08. The molecule has 100 valence electrons. The first-order valence-corrected chi connectivity index (χ1v) is 6.91. The highest BCUT2D eigenvalue weighted by atomic mass is 79.9. The predicted molar refractivity (Wildman–Crippen MR) is 68.5 cm³/mol. The first-order chi connectivity index (χ1) is 8.24. The van der Waals surface area contributed by atoms with Gasteiger partial charge in [-0.15, -0.1) is 13.2 Å². The number of Topliss-reactive ketones (excluding diaryl/α,β-unsaturated/α-hetero) is 1. The van der Waals surface area contributed by atoms with Gasteiger partial charge in [0, 0.05) is 16.5 Å². The van der Waals surface area contributed by atoms with Gasteiger partial charge in [0.1, 0.15) is 5.75 Å². The van der Waals surface area contributed by atoms with Crippen LogP contribution in [0.4, 0.5) is 13.2 Å². The molecule has 0 saturated carbocycles. The lowest BCUT2D eigenvalue weighted by Gasteiger charge is -2.13. The summed E-state index contributed by atoms with van der Waals surface area (Å²) in [5.41, 5.74) is 0.495. The van der Waals surface area contributed by atoms with E-state index in [0.29, 0.717) is 5.56 Å². The van der Waals surface area contributed by atoms with Crippen molar-refractivity contribution in [2.45, 2.75) is 23.4 Å². The molecule has 18 heavy (non-hydrogen) atoms. The molecule has 0 saturated heterocycles. The number of carbonyl (C=O) groups excluding carboxylic acids is 1. The van der Waals surface area contributed by atoms with Crippen LogP contribution < -0.4 is 4.74 Å². The second kappa shape index (κ2) is 6.06. The summed E-state index contributed by atoms with van der Waals surface area (Å²) < 4.78 is 40.5. The Bertz CT molecular complexity index is 444. The molecule has 1 aromatic rings. The van der Waals surface area contributed by atoms with Gasteiger partial charge in [-0.25, -0.2) is 0 Å². The molecule has 0 aliphatic carbocycles. The van der Waals surface area contributed by atoms with E-state index in [2.05, 4.69) is 36.6 Å². The SMILES string of the molecule is CC(Br)C(=O)c1ccc(CBr)c(OC(F)(F)F)c1. The second-order valence-electron chi connectivity index (χ2n) is 3.48. The number of ketones is 1. The lowest BCUT2D eigenvalue weighted by atomic mass is 10.1. The molecule has 2 nitrogen and oxygen atoms in total. The molecule has 1 atom stereocenters. The Morgan fingerprint density at radius 1 is 1.44 bits per heavy atom. The molecule has 0 heterocycles. The molecule has 0 amide bonds. The Labute approximate surface area is 119 Å². The third-order valence-corrected chi connectivity index (χ3v) is 3.10. The Kier molecular flexibility index (Phi) is 5.21. The van der Waals surface area contributed by atoms with Gasteiger partial charge in [0.05, 0.1) is 4.83 Å². The minimum atomic E-state index is -4.78. The predicted octanol–water partition coefficient (Wildman–Crippen LogP) is 4.45. The Balaban J connectivity index is 3.13. The summed E-state index contributed by atoms with van der Waals surface area (Å²) in [5, 5.41) is 0.205. The zero-order valence-electron chi connectivity index (χ0n) is 9.22. The first kappa shape index (κ1) is 15.5. The van der Waals surface area contributed by atoms with Crippen molar-refractivity contribution in [3.63, 3.8) is 0 Å². The number of hydrogen-bond acceptors (Lipinski definition) is 2. The number of carbonyl (C=O) groups is 1. The summed E-state index contributed by atoms with van der Waals surface area (Å²) in [4.78, 5) is 11.2. The zero-order chi connectivity index (χ0) is 13.9. The second-order valence-corrected chi connectivity index (χ2v) is 5.42. The van der Waals surface area contributed by atoms with Crippen molar-refractivity contribution in [1.29, 1.82) is 0 Å². The van der Waals surface area contributed by atoms with E-state index in [-0.39, 0.29) is 22.4 Å². The van der Waals surface area contributed by atoms with E-state index in [1.54, 1.807) is 6.92 Å². The molecule has 0 fully saturated rings. The summed E-state index contributed by atoms with van der Waals surface area (Å²) in [5.74, 6) is -0.665. The van der Waals surface area contributed by atoms with Crippen LogP contribution in [-0.2, 0) is 5.33 Å². The average Bonchev–Trinajstić information content (AvgIpc) is 2.25. The molecule has 0 aliphatic heterocycles. The molecule has 7 heteroatoms. The highest BCUT2D eigenvalue weighted by Crippen LogP contribution is 2.29. The van der Waals surface area contributed by atoms with E-state index in [9.17, 15) is 18.0 Å². The minimum Gasteiger partial charge on any atom is -0.405 e. The minimum absolute atomic E-state index is 0.170. The van der Waals surface area contributed by atoms with Crippen LogP contribution in [-0.4, -0.2) is 17.0 Å². The summed E-state index contributed by atoms with van der Waals surface area (Å²) in [6, 6.07) is 4.00. The van der Waals surface area contributed by atoms with Gasteiger partial charge in [0.25, 0.3) is 0 Å². The number of halogens is 5. The zero-order valence-corrected chi connectivity index (χ0v) is 12.4. The maximum atomic E-state index is 12.2. The topological polar surface area (TPSA) is 26.3 Å². The molecule has 1 aromatic carbocycles. The molecule has 0 aromatic heterocycles. The molecule has 0 radical (unpaired) electrons. The largest absolute Gasteiger partial charge is 0.573 e. The van der Waals surface area contributed by atoms with Crippen LogP contribution >= 0.6 is 31.9 Å². The summed E-state index contributed by atoms with van der Waals surface area (Å²) in [6.45, 7) is 1.60. The van der Waals surface area contributed by atoms with E-state index in [1.165, 1.54) is 12.1 Å². The number of rotatable bonds is 4. The van der Waals surface area contributed by atoms with Crippen molar-refractivity contribution in [3.8, 4) is 5.75 Å².